The zero-order valence-corrected chi connectivity index (χ0v) is 31.4. The van der Waals surface area contributed by atoms with E-state index in [1.54, 1.807) is 4.80 Å². The summed E-state index contributed by atoms with van der Waals surface area (Å²) in [7, 11) is -3.69. The molecule has 0 aliphatic carbocycles. The van der Waals surface area contributed by atoms with Crippen LogP contribution < -0.4 is 10.0 Å². The number of tetrazole rings is 1. The fourth-order valence-electron chi connectivity index (χ4n) is 5.59. The Hall–Kier alpha value is -2.04. The number of nitrogens with zero attached hydrogens (tertiary/aromatic N) is 4. The predicted molar refractivity (Wildman–Crippen MR) is 193 cm³/mol. The molecule has 0 aliphatic rings. The van der Waals surface area contributed by atoms with Crippen molar-refractivity contribution in [2.24, 2.45) is 0 Å². The van der Waals surface area contributed by atoms with E-state index in [1.807, 2.05) is 0 Å². The van der Waals surface area contributed by atoms with E-state index in [9.17, 15) is 18.0 Å². The van der Waals surface area contributed by atoms with Crippen molar-refractivity contribution in [1.82, 2.24) is 30.2 Å². The molecule has 0 unspecified atom stereocenters. The van der Waals surface area contributed by atoms with Gasteiger partial charge in [-0.3, -0.25) is 14.3 Å². The van der Waals surface area contributed by atoms with Crippen molar-refractivity contribution in [2.75, 3.05) is 12.3 Å². The van der Waals surface area contributed by atoms with Crippen LogP contribution in [0.5, 0.6) is 0 Å². The van der Waals surface area contributed by atoms with Gasteiger partial charge in [0.2, 0.25) is 21.8 Å². The van der Waals surface area contributed by atoms with E-state index in [-0.39, 0.29) is 36.5 Å². The highest BCUT2D eigenvalue weighted by Crippen LogP contribution is 2.15. The molecular formula is C36H70N6O4S. The summed E-state index contributed by atoms with van der Waals surface area (Å²) in [6.07, 6.45) is 27.7. The highest BCUT2D eigenvalue weighted by atomic mass is 32.2. The number of hydrogen-bond acceptors (Lipinski definition) is 7. The molecule has 0 spiro atoms. The second-order valence-corrected chi connectivity index (χ2v) is 16.2. The Morgan fingerprint density at radius 1 is 0.638 bits per heavy atom. The normalized spacial score (nSPS) is 12.0. The number of carbonyl (C=O) groups is 2. The number of rotatable bonds is 31. The Balaban J connectivity index is 1.88. The van der Waals surface area contributed by atoms with Gasteiger partial charge in [-0.05, 0) is 51.7 Å². The fourth-order valence-corrected chi connectivity index (χ4v) is 6.67. The number of nitrogens with one attached hydrogen (secondary N) is 2. The molecule has 0 atom stereocenters. The van der Waals surface area contributed by atoms with E-state index >= 15 is 0 Å². The quantitative estimate of drug-likeness (QED) is 0.0752. The lowest BCUT2D eigenvalue weighted by molar-refractivity contribution is -0.121. The number of amides is 2. The number of sulfonamides is 1. The van der Waals surface area contributed by atoms with Crippen molar-refractivity contribution in [3.63, 3.8) is 0 Å². The first-order valence-corrected chi connectivity index (χ1v) is 20.8. The van der Waals surface area contributed by atoms with Gasteiger partial charge >= 0.3 is 0 Å². The maximum atomic E-state index is 12.2. The van der Waals surface area contributed by atoms with E-state index in [4.69, 9.17) is 0 Å². The van der Waals surface area contributed by atoms with E-state index in [0.717, 1.165) is 50.8 Å². The molecule has 1 aromatic heterocycles. The standard InChI is InChI=1S/C36H70N6O4S/c1-5-6-7-8-9-17-20-23-26-31-37-34(43)30-27-32-47(45,46)40-35(44)29-25-22-19-16-14-12-10-11-13-15-18-21-24-28-33-38-41-42(39-33)36(2,3)4/h5-32H2,1-4H3,(H,37,43)(H,40,44). The van der Waals surface area contributed by atoms with Crippen molar-refractivity contribution in [2.45, 2.75) is 200 Å². The number of carbonyl (C=O) groups excluding carboxylic acids is 2. The van der Waals surface area contributed by atoms with Crippen molar-refractivity contribution >= 4 is 21.8 Å². The largest absolute Gasteiger partial charge is 0.356 e. The smallest absolute Gasteiger partial charge is 0.234 e. The van der Waals surface area contributed by atoms with Gasteiger partial charge in [0.25, 0.3) is 0 Å². The Labute approximate surface area is 287 Å². The fraction of sp³-hybridized carbons (Fsp3) is 0.917. The SMILES string of the molecule is CCCCCCCCCCCNC(=O)CCCS(=O)(=O)NC(=O)CCCCCCCCCCCCCCCc1nnn(C(C)(C)C)n1. The number of aromatic nitrogens is 4. The number of hydrogen-bond donors (Lipinski definition) is 2. The summed E-state index contributed by atoms with van der Waals surface area (Å²) in [6, 6.07) is 0. The van der Waals surface area contributed by atoms with Gasteiger partial charge in [0.1, 0.15) is 0 Å². The van der Waals surface area contributed by atoms with Gasteiger partial charge in [0, 0.05) is 25.8 Å². The van der Waals surface area contributed by atoms with Crippen molar-refractivity contribution in [1.29, 1.82) is 0 Å². The van der Waals surface area contributed by atoms with Gasteiger partial charge in [0.05, 0.1) is 11.3 Å². The lowest BCUT2D eigenvalue weighted by atomic mass is 10.0. The van der Waals surface area contributed by atoms with Gasteiger partial charge in [-0.25, -0.2) is 8.42 Å². The van der Waals surface area contributed by atoms with E-state index < -0.39 is 15.9 Å². The maximum absolute atomic E-state index is 12.2. The third kappa shape index (κ3) is 25.6. The van der Waals surface area contributed by atoms with E-state index in [0.29, 0.717) is 13.0 Å². The maximum Gasteiger partial charge on any atom is 0.234 e. The lowest BCUT2D eigenvalue weighted by Crippen LogP contribution is -2.33. The minimum absolute atomic E-state index is 0.119. The summed E-state index contributed by atoms with van der Waals surface area (Å²) >= 11 is 0. The van der Waals surface area contributed by atoms with Gasteiger partial charge in [0.15, 0.2) is 5.82 Å². The number of unbranched alkanes of at least 4 members (excludes halogenated alkanes) is 20. The lowest BCUT2D eigenvalue weighted by Gasteiger charge is -2.15. The molecule has 0 saturated heterocycles. The van der Waals surface area contributed by atoms with Crippen LogP contribution >= 0.6 is 0 Å². The zero-order chi connectivity index (χ0) is 34.6. The molecule has 0 fully saturated rings. The molecule has 11 heteroatoms. The summed E-state index contributed by atoms with van der Waals surface area (Å²) < 4.78 is 26.6. The third-order valence-corrected chi connectivity index (χ3v) is 9.91. The monoisotopic (exact) mass is 683 g/mol. The van der Waals surface area contributed by atoms with Crippen LogP contribution in [0.15, 0.2) is 0 Å². The highest BCUT2D eigenvalue weighted by Gasteiger charge is 2.17. The van der Waals surface area contributed by atoms with Gasteiger partial charge in [-0.2, -0.15) is 4.80 Å². The summed E-state index contributed by atoms with van der Waals surface area (Å²) in [5.74, 6) is 0.0831. The number of aryl methyl sites for hydroxylation is 1. The van der Waals surface area contributed by atoms with Gasteiger partial charge < -0.3 is 5.32 Å². The van der Waals surface area contributed by atoms with Crippen LogP contribution in [-0.2, 0) is 31.6 Å². The zero-order valence-electron chi connectivity index (χ0n) is 30.6. The average molecular weight is 683 g/mol. The summed E-state index contributed by atoms with van der Waals surface area (Å²) in [4.78, 5) is 25.8. The molecule has 10 nitrogen and oxygen atoms in total. The first-order chi connectivity index (χ1) is 22.5. The first kappa shape index (κ1) is 43.0. The Kier molecular flexibility index (Phi) is 24.6. The molecule has 1 heterocycles. The van der Waals surface area contributed by atoms with E-state index in [2.05, 4.69) is 53.1 Å². The second-order valence-electron chi connectivity index (χ2n) is 14.4. The predicted octanol–water partition coefficient (Wildman–Crippen LogP) is 8.31. The van der Waals surface area contributed by atoms with Gasteiger partial charge in [-0.15, -0.1) is 10.2 Å². The first-order valence-electron chi connectivity index (χ1n) is 19.1. The molecule has 2 amide bonds. The average Bonchev–Trinajstić information content (AvgIpc) is 3.49. The van der Waals surface area contributed by atoms with Crippen LogP contribution in [0.4, 0.5) is 0 Å². The van der Waals surface area contributed by atoms with Crippen LogP contribution in [0, 0.1) is 0 Å². The molecule has 47 heavy (non-hydrogen) atoms. The van der Waals surface area contributed by atoms with Crippen LogP contribution in [0.3, 0.4) is 0 Å². The molecule has 274 valence electrons. The minimum atomic E-state index is -3.69. The Morgan fingerprint density at radius 2 is 1.11 bits per heavy atom. The summed E-state index contributed by atoms with van der Waals surface area (Å²) in [6.45, 7) is 9.10. The second kappa shape index (κ2) is 26.9. The van der Waals surface area contributed by atoms with Crippen molar-refractivity contribution in [3.8, 4) is 0 Å². The summed E-state index contributed by atoms with van der Waals surface area (Å²) in [5.41, 5.74) is -0.119. The molecule has 0 aromatic carbocycles. The molecule has 0 radical (unpaired) electrons. The van der Waals surface area contributed by atoms with Crippen LogP contribution in [-0.4, -0.2) is 52.7 Å². The van der Waals surface area contributed by atoms with Crippen LogP contribution in [0.1, 0.15) is 194 Å². The highest BCUT2D eigenvalue weighted by molar-refractivity contribution is 7.90. The topological polar surface area (TPSA) is 136 Å². The van der Waals surface area contributed by atoms with Crippen molar-refractivity contribution in [3.05, 3.63) is 5.82 Å². The Morgan fingerprint density at radius 3 is 1.62 bits per heavy atom. The van der Waals surface area contributed by atoms with Crippen LogP contribution in [0.25, 0.3) is 0 Å². The third-order valence-electron chi connectivity index (χ3n) is 8.55. The molecule has 0 saturated carbocycles. The summed E-state index contributed by atoms with van der Waals surface area (Å²) in [5, 5.41) is 15.7. The molecular weight excluding hydrogens is 613 g/mol. The molecule has 1 aromatic rings. The van der Waals surface area contributed by atoms with Crippen LogP contribution in [0.2, 0.25) is 0 Å². The molecule has 2 N–H and O–H groups in total. The van der Waals surface area contributed by atoms with E-state index in [1.165, 1.54) is 96.3 Å². The molecule has 1 rings (SSSR count). The molecule has 0 aliphatic heterocycles. The van der Waals surface area contributed by atoms with Gasteiger partial charge in [-0.1, -0.05) is 129 Å². The minimum Gasteiger partial charge on any atom is -0.356 e. The van der Waals surface area contributed by atoms with Crippen molar-refractivity contribution < 1.29 is 18.0 Å². The molecule has 0 bridgehead atoms. The Bertz CT molecular complexity index is 1040.